The second-order valence-electron chi connectivity index (χ2n) is 9.48. The SMILES string of the molecule is CCOCC(COCC)OC(=O)c1cc2cc(NC(=O)[C@H]3NCC[C@H]3C3CCCCC3)ccc2o1. The number of esters is 1. The lowest BCUT2D eigenvalue weighted by Crippen LogP contribution is -2.42. The van der Waals surface area contributed by atoms with Crippen LogP contribution in [-0.2, 0) is 19.0 Å². The number of benzene rings is 1. The number of nitrogens with one attached hydrogen (secondary N) is 2. The monoisotopic (exact) mass is 486 g/mol. The minimum atomic E-state index is -0.568. The van der Waals surface area contributed by atoms with Crippen LogP contribution in [0, 0.1) is 11.8 Å². The number of hydrogen-bond donors (Lipinski definition) is 2. The number of furan rings is 1. The van der Waals surface area contributed by atoms with Gasteiger partial charge in [0.15, 0.2) is 0 Å². The fraction of sp³-hybridized carbons (Fsp3) is 0.630. The van der Waals surface area contributed by atoms with E-state index in [1.54, 1.807) is 18.2 Å². The molecular formula is C27H38N2O6. The third-order valence-corrected chi connectivity index (χ3v) is 7.08. The Morgan fingerprint density at radius 1 is 1.06 bits per heavy atom. The molecule has 1 aromatic heterocycles. The first-order valence-corrected chi connectivity index (χ1v) is 13.0. The highest BCUT2D eigenvalue weighted by molar-refractivity contribution is 5.98. The molecule has 2 aliphatic rings. The average Bonchev–Trinajstić information content (AvgIpc) is 3.53. The van der Waals surface area contributed by atoms with Crippen molar-refractivity contribution in [3.8, 4) is 0 Å². The van der Waals surface area contributed by atoms with Gasteiger partial charge >= 0.3 is 5.97 Å². The summed E-state index contributed by atoms with van der Waals surface area (Å²) in [5, 5.41) is 7.21. The van der Waals surface area contributed by atoms with Gasteiger partial charge in [0.2, 0.25) is 11.7 Å². The second kappa shape index (κ2) is 12.5. The maximum Gasteiger partial charge on any atom is 0.374 e. The molecule has 2 N–H and O–H groups in total. The van der Waals surface area contributed by atoms with Crippen LogP contribution >= 0.6 is 0 Å². The van der Waals surface area contributed by atoms with Gasteiger partial charge in [-0.2, -0.15) is 0 Å². The van der Waals surface area contributed by atoms with E-state index in [0.717, 1.165) is 18.4 Å². The van der Waals surface area contributed by atoms with E-state index in [9.17, 15) is 9.59 Å². The van der Waals surface area contributed by atoms with E-state index in [1.165, 1.54) is 32.1 Å². The number of fused-ring (bicyclic) bond motifs is 1. The Labute approximate surface area is 207 Å². The van der Waals surface area contributed by atoms with Gasteiger partial charge in [0.1, 0.15) is 11.7 Å². The molecule has 192 valence electrons. The number of hydrogen-bond acceptors (Lipinski definition) is 7. The summed E-state index contributed by atoms with van der Waals surface area (Å²) in [6.07, 6.45) is 6.86. The molecule has 2 aromatic rings. The molecule has 2 atom stereocenters. The molecule has 1 aliphatic carbocycles. The van der Waals surface area contributed by atoms with Gasteiger partial charge in [-0.25, -0.2) is 4.79 Å². The molecule has 1 aliphatic heterocycles. The molecule has 0 spiro atoms. The van der Waals surface area contributed by atoms with Crippen molar-refractivity contribution in [2.45, 2.75) is 64.5 Å². The van der Waals surface area contributed by atoms with Gasteiger partial charge in [-0.3, -0.25) is 4.79 Å². The first-order chi connectivity index (χ1) is 17.1. The Morgan fingerprint density at radius 2 is 1.80 bits per heavy atom. The van der Waals surface area contributed by atoms with Crippen LogP contribution in [0.5, 0.6) is 0 Å². The lowest BCUT2D eigenvalue weighted by atomic mass is 9.76. The van der Waals surface area contributed by atoms with Crippen molar-refractivity contribution < 1.29 is 28.2 Å². The fourth-order valence-electron chi connectivity index (χ4n) is 5.35. The van der Waals surface area contributed by atoms with Crippen LogP contribution < -0.4 is 10.6 Å². The zero-order valence-corrected chi connectivity index (χ0v) is 20.8. The highest BCUT2D eigenvalue weighted by atomic mass is 16.6. The normalized spacial score (nSPS) is 21.0. The average molecular weight is 487 g/mol. The number of amides is 1. The van der Waals surface area contributed by atoms with E-state index in [-0.39, 0.29) is 30.9 Å². The van der Waals surface area contributed by atoms with Crippen molar-refractivity contribution in [2.75, 3.05) is 38.3 Å². The molecule has 0 bridgehead atoms. The summed E-state index contributed by atoms with van der Waals surface area (Å²) in [5.74, 6) is 0.581. The highest BCUT2D eigenvalue weighted by Crippen LogP contribution is 2.36. The first kappa shape index (κ1) is 25.7. The van der Waals surface area contributed by atoms with Crippen molar-refractivity contribution in [3.05, 3.63) is 30.0 Å². The number of anilines is 1. The minimum Gasteiger partial charge on any atom is -0.452 e. The summed E-state index contributed by atoms with van der Waals surface area (Å²) in [4.78, 5) is 25.8. The Kier molecular flexibility index (Phi) is 9.18. The summed E-state index contributed by atoms with van der Waals surface area (Å²) >= 11 is 0. The molecular weight excluding hydrogens is 448 g/mol. The smallest absolute Gasteiger partial charge is 0.374 e. The van der Waals surface area contributed by atoms with E-state index in [0.29, 0.717) is 36.3 Å². The Bertz CT molecular complexity index is 975. The molecule has 0 radical (unpaired) electrons. The van der Waals surface area contributed by atoms with Gasteiger partial charge in [0, 0.05) is 24.3 Å². The molecule has 8 nitrogen and oxygen atoms in total. The first-order valence-electron chi connectivity index (χ1n) is 13.0. The molecule has 1 saturated heterocycles. The summed E-state index contributed by atoms with van der Waals surface area (Å²) < 4.78 is 22.0. The topological polar surface area (TPSA) is 99.0 Å². The van der Waals surface area contributed by atoms with Crippen molar-refractivity contribution >= 4 is 28.5 Å². The largest absolute Gasteiger partial charge is 0.452 e. The quantitative estimate of drug-likeness (QED) is 0.450. The van der Waals surface area contributed by atoms with Gasteiger partial charge in [0.05, 0.1) is 19.3 Å². The Hall–Kier alpha value is -2.42. The predicted molar refractivity (Wildman–Crippen MR) is 134 cm³/mol. The number of carbonyl (C=O) groups is 2. The van der Waals surface area contributed by atoms with E-state index in [4.69, 9.17) is 18.6 Å². The van der Waals surface area contributed by atoms with Crippen LogP contribution in [0.2, 0.25) is 0 Å². The van der Waals surface area contributed by atoms with E-state index < -0.39 is 12.1 Å². The maximum absolute atomic E-state index is 13.1. The molecule has 0 unspecified atom stereocenters. The van der Waals surface area contributed by atoms with Gasteiger partial charge in [-0.15, -0.1) is 0 Å². The molecule has 8 heteroatoms. The van der Waals surface area contributed by atoms with Crippen LogP contribution in [0.3, 0.4) is 0 Å². The summed E-state index contributed by atoms with van der Waals surface area (Å²) in [6.45, 7) is 6.22. The predicted octanol–water partition coefficient (Wildman–Crippen LogP) is 4.53. The van der Waals surface area contributed by atoms with E-state index >= 15 is 0 Å². The van der Waals surface area contributed by atoms with Crippen LogP contribution in [0.4, 0.5) is 5.69 Å². The molecule has 4 rings (SSSR count). The lowest BCUT2D eigenvalue weighted by molar-refractivity contribution is -0.119. The van der Waals surface area contributed by atoms with E-state index in [1.807, 2.05) is 19.9 Å². The summed E-state index contributed by atoms with van der Waals surface area (Å²) in [7, 11) is 0. The molecule has 1 amide bonds. The van der Waals surface area contributed by atoms with Crippen molar-refractivity contribution in [3.63, 3.8) is 0 Å². The second-order valence-corrected chi connectivity index (χ2v) is 9.48. The number of rotatable bonds is 11. The van der Waals surface area contributed by atoms with Gasteiger partial charge < -0.3 is 29.3 Å². The van der Waals surface area contributed by atoms with Crippen LogP contribution in [0.15, 0.2) is 28.7 Å². The summed E-state index contributed by atoms with van der Waals surface area (Å²) in [6, 6.07) is 6.88. The molecule has 1 aromatic carbocycles. The minimum absolute atomic E-state index is 0.00948. The fourth-order valence-corrected chi connectivity index (χ4v) is 5.35. The zero-order chi connectivity index (χ0) is 24.6. The highest BCUT2D eigenvalue weighted by Gasteiger charge is 2.38. The Balaban J connectivity index is 1.39. The van der Waals surface area contributed by atoms with Gasteiger partial charge in [-0.1, -0.05) is 32.1 Å². The van der Waals surface area contributed by atoms with Crippen LogP contribution in [0.1, 0.15) is 62.9 Å². The number of ether oxygens (including phenoxy) is 3. The van der Waals surface area contributed by atoms with Crippen molar-refractivity contribution in [1.29, 1.82) is 0 Å². The maximum atomic E-state index is 13.1. The van der Waals surface area contributed by atoms with E-state index in [2.05, 4.69) is 10.6 Å². The third-order valence-electron chi connectivity index (χ3n) is 7.08. The molecule has 1 saturated carbocycles. The number of carbonyl (C=O) groups excluding carboxylic acids is 2. The standard InChI is InChI=1S/C27H38N2O6/c1-3-32-16-21(17-33-4-2)34-27(31)24-15-19-14-20(10-11-23(19)35-24)29-26(30)25-22(12-13-28-25)18-8-6-5-7-9-18/h10-11,14-15,18,21-22,25,28H,3-9,12-13,16-17H2,1-2H3,(H,29,30)/t22-,25-/m0/s1. The van der Waals surface area contributed by atoms with Crippen molar-refractivity contribution in [1.82, 2.24) is 5.32 Å². The van der Waals surface area contributed by atoms with Crippen LogP contribution in [0.25, 0.3) is 11.0 Å². The molecule has 35 heavy (non-hydrogen) atoms. The molecule has 2 heterocycles. The van der Waals surface area contributed by atoms with Gasteiger partial charge in [-0.05, 0) is 62.9 Å². The van der Waals surface area contributed by atoms with Crippen molar-refractivity contribution in [2.24, 2.45) is 11.8 Å². The molecule has 2 fully saturated rings. The Morgan fingerprint density at radius 3 is 2.51 bits per heavy atom. The van der Waals surface area contributed by atoms with Gasteiger partial charge in [0.25, 0.3) is 0 Å². The lowest BCUT2D eigenvalue weighted by Gasteiger charge is -2.30. The van der Waals surface area contributed by atoms with Crippen LogP contribution in [-0.4, -0.2) is 57.0 Å². The summed E-state index contributed by atoms with van der Waals surface area (Å²) in [5.41, 5.74) is 1.24. The zero-order valence-electron chi connectivity index (χ0n) is 20.8. The third kappa shape index (κ3) is 6.63.